The molecule has 0 aliphatic rings. The first-order valence-corrected chi connectivity index (χ1v) is 8.66. The molecule has 0 radical (unpaired) electrons. The van der Waals surface area contributed by atoms with Crippen LogP contribution in [0.5, 0.6) is 0 Å². The average Bonchev–Trinajstić information content (AvgIpc) is 2.90. The highest BCUT2D eigenvalue weighted by Gasteiger charge is 2.15. The van der Waals surface area contributed by atoms with Crippen molar-refractivity contribution in [2.24, 2.45) is 5.92 Å². The molecule has 0 fully saturated rings. The minimum Gasteiger partial charge on any atom is -0.143 e. The van der Waals surface area contributed by atoms with E-state index in [1.807, 2.05) is 0 Å². The van der Waals surface area contributed by atoms with E-state index in [0.717, 1.165) is 6.42 Å². The number of benzene rings is 2. The first-order valence-electron chi connectivity index (χ1n) is 7.34. The molecule has 2 heteroatoms. The van der Waals surface area contributed by atoms with Crippen molar-refractivity contribution in [1.82, 2.24) is 0 Å². The minimum atomic E-state index is -0.0748. The van der Waals surface area contributed by atoms with Gasteiger partial charge in [0.05, 0.1) is 5.38 Å². The van der Waals surface area contributed by atoms with E-state index < -0.39 is 0 Å². The molecule has 1 unspecified atom stereocenters. The Morgan fingerprint density at radius 1 is 1.00 bits per heavy atom. The molecule has 0 nitrogen and oxygen atoms in total. The van der Waals surface area contributed by atoms with Crippen molar-refractivity contribution in [2.45, 2.75) is 25.6 Å². The summed E-state index contributed by atoms with van der Waals surface area (Å²) >= 11 is 8.48. The fraction of sp³-hybridized carbons (Fsp3) is 0.263. The monoisotopic (exact) mass is 314 g/mol. The molecular weight excluding hydrogens is 296 g/mol. The molecule has 1 atom stereocenters. The Morgan fingerprint density at radius 2 is 1.71 bits per heavy atom. The Labute approximate surface area is 135 Å². The zero-order valence-electron chi connectivity index (χ0n) is 12.3. The highest BCUT2D eigenvalue weighted by Crippen LogP contribution is 2.37. The SMILES string of the molecule is CC(C)Cc1ccc(C(Cl)c2csc3ccccc23)cc1. The van der Waals surface area contributed by atoms with Crippen molar-refractivity contribution in [3.63, 3.8) is 0 Å². The van der Waals surface area contributed by atoms with E-state index in [2.05, 4.69) is 67.8 Å². The summed E-state index contributed by atoms with van der Waals surface area (Å²) in [5.74, 6) is 0.684. The summed E-state index contributed by atoms with van der Waals surface area (Å²) in [6.45, 7) is 4.49. The highest BCUT2D eigenvalue weighted by atomic mass is 35.5. The van der Waals surface area contributed by atoms with E-state index in [-0.39, 0.29) is 5.38 Å². The highest BCUT2D eigenvalue weighted by molar-refractivity contribution is 7.17. The molecule has 0 saturated carbocycles. The van der Waals surface area contributed by atoms with Crippen LogP contribution in [0.15, 0.2) is 53.9 Å². The second kappa shape index (κ2) is 6.21. The molecule has 0 aliphatic heterocycles. The van der Waals surface area contributed by atoms with Crippen molar-refractivity contribution in [3.8, 4) is 0 Å². The van der Waals surface area contributed by atoms with Crippen LogP contribution >= 0.6 is 22.9 Å². The Bertz CT molecular complexity index is 725. The predicted molar refractivity (Wildman–Crippen MR) is 94.5 cm³/mol. The Kier molecular flexibility index (Phi) is 4.32. The van der Waals surface area contributed by atoms with Crippen LogP contribution in [-0.4, -0.2) is 0 Å². The first-order chi connectivity index (χ1) is 10.1. The number of thiophene rings is 1. The van der Waals surface area contributed by atoms with Crippen LogP contribution in [0, 0.1) is 5.92 Å². The first kappa shape index (κ1) is 14.6. The lowest BCUT2D eigenvalue weighted by Crippen LogP contribution is -1.96. The Hall–Kier alpha value is -1.31. The van der Waals surface area contributed by atoms with Crippen molar-refractivity contribution < 1.29 is 0 Å². The minimum absolute atomic E-state index is 0.0748. The van der Waals surface area contributed by atoms with Crippen LogP contribution in [0.4, 0.5) is 0 Å². The van der Waals surface area contributed by atoms with E-state index in [1.165, 1.54) is 26.8 Å². The van der Waals surface area contributed by atoms with Crippen LogP contribution < -0.4 is 0 Å². The standard InChI is InChI=1S/C19H19ClS/c1-13(2)11-14-7-9-15(10-8-14)19(20)17-12-21-18-6-4-3-5-16(17)18/h3-10,12-13,19H,11H2,1-2H3. The molecule has 1 aromatic heterocycles. The van der Waals surface area contributed by atoms with E-state index in [9.17, 15) is 0 Å². The number of halogens is 1. The quantitative estimate of drug-likeness (QED) is 0.487. The van der Waals surface area contributed by atoms with Crippen molar-refractivity contribution in [1.29, 1.82) is 0 Å². The molecule has 3 aromatic rings. The number of fused-ring (bicyclic) bond motifs is 1. The van der Waals surface area contributed by atoms with Gasteiger partial charge in [0.1, 0.15) is 0 Å². The fourth-order valence-corrected chi connectivity index (χ4v) is 4.06. The number of hydrogen-bond donors (Lipinski definition) is 0. The van der Waals surface area contributed by atoms with Gasteiger partial charge in [0.25, 0.3) is 0 Å². The van der Waals surface area contributed by atoms with Gasteiger partial charge >= 0.3 is 0 Å². The summed E-state index contributed by atoms with van der Waals surface area (Å²) in [7, 11) is 0. The lowest BCUT2D eigenvalue weighted by atomic mass is 9.99. The molecule has 0 aliphatic carbocycles. The zero-order valence-corrected chi connectivity index (χ0v) is 13.9. The lowest BCUT2D eigenvalue weighted by molar-refractivity contribution is 0.647. The van der Waals surface area contributed by atoms with E-state index in [1.54, 1.807) is 11.3 Å². The van der Waals surface area contributed by atoms with Gasteiger partial charge in [0.15, 0.2) is 0 Å². The summed E-state index contributed by atoms with van der Waals surface area (Å²) in [6, 6.07) is 17.2. The Morgan fingerprint density at radius 3 is 2.43 bits per heavy atom. The van der Waals surface area contributed by atoms with Crippen LogP contribution in [0.3, 0.4) is 0 Å². The molecule has 108 valence electrons. The topological polar surface area (TPSA) is 0 Å². The maximum Gasteiger partial charge on any atom is 0.0849 e. The molecule has 0 N–H and O–H groups in total. The predicted octanol–water partition coefficient (Wildman–Crippen LogP) is 6.43. The van der Waals surface area contributed by atoms with E-state index >= 15 is 0 Å². The summed E-state index contributed by atoms with van der Waals surface area (Å²) < 4.78 is 1.30. The third kappa shape index (κ3) is 3.14. The molecule has 21 heavy (non-hydrogen) atoms. The van der Waals surface area contributed by atoms with Crippen LogP contribution in [0.25, 0.3) is 10.1 Å². The molecule has 2 aromatic carbocycles. The van der Waals surface area contributed by atoms with Gasteiger partial charge in [0.2, 0.25) is 0 Å². The maximum absolute atomic E-state index is 6.72. The van der Waals surface area contributed by atoms with E-state index in [0.29, 0.717) is 5.92 Å². The van der Waals surface area contributed by atoms with Crippen LogP contribution in [0.1, 0.15) is 35.9 Å². The molecular formula is C19H19ClS. The summed E-state index contributed by atoms with van der Waals surface area (Å²) in [5, 5.41) is 3.38. The molecule has 0 saturated heterocycles. The zero-order chi connectivity index (χ0) is 14.8. The van der Waals surface area contributed by atoms with Gasteiger partial charge in [-0.1, -0.05) is 56.3 Å². The molecule has 0 spiro atoms. The van der Waals surface area contributed by atoms with Gasteiger partial charge in [-0.15, -0.1) is 22.9 Å². The number of alkyl halides is 1. The van der Waals surface area contributed by atoms with Crippen LogP contribution in [-0.2, 0) is 6.42 Å². The van der Waals surface area contributed by atoms with Crippen molar-refractivity contribution in [2.75, 3.05) is 0 Å². The summed E-state index contributed by atoms with van der Waals surface area (Å²) in [6.07, 6.45) is 1.12. The average molecular weight is 315 g/mol. The molecule has 0 amide bonds. The smallest absolute Gasteiger partial charge is 0.0849 e. The second-order valence-corrected chi connectivity index (χ2v) is 7.24. The maximum atomic E-state index is 6.72. The Balaban J connectivity index is 1.89. The normalized spacial score (nSPS) is 13.0. The van der Waals surface area contributed by atoms with Gasteiger partial charge in [-0.05, 0) is 45.9 Å². The lowest BCUT2D eigenvalue weighted by Gasteiger charge is -2.11. The number of hydrogen-bond acceptors (Lipinski definition) is 1. The van der Waals surface area contributed by atoms with E-state index in [4.69, 9.17) is 11.6 Å². The summed E-state index contributed by atoms with van der Waals surface area (Å²) in [5.41, 5.74) is 3.77. The fourth-order valence-electron chi connectivity index (χ4n) is 2.67. The van der Waals surface area contributed by atoms with Gasteiger partial charge in [-0.3, -0.25) is 0 Å². The second-order valence-electron chi connectivity index (χ2n) is 5.89. The number of rotatable bonds is 4. The largest absolute Gasteiger partial charge is 0.143 e. The van der Waals surface area contributed by atoms with Gasteiger partial charge < -0.3 is 0 Å². The third-order valence-electron chi connectivity index (χ3n) is 3.70. The van der Waals surface area contributed by atoms with Gasteiger partial charge in [-0.2, -0.15) is 0 Å². The molecule has 1 heterocycles. The summed E-state index contributed by atoms with van der Waals surface area (Å²) in [4.78, 5) is 0. The molecule has 3 rings (SSSR count). The van der Waals surface area contributed by atoms with Gasteiger partial charge in [0, 0.05) is 4.70 Å². The van der Waals surface area contributed by atoms with Crippen LogP contribution in [0.2, 0.25) is 0 Å². The van der Waals surface area contributed by atoms with Gasteiger partial charge in [-0.25, -0.2) is 0 Å². The van der Waals surface area contributed by atoms with Crippen molar-refractivity contribution >= 4 is 33.0 Å². The third-order valence-corrected chi connectivity index (χ3v) is 5.17. The molecule has 0 bridgehead atoms. The van der Waals surface area contributed by atoms with Crippen molar-refractivity contribution in [3.05, 3.63) is 70.6 Å².